The number of hydrogen-bond acceptors (Lipinski definition) is 4. The first kappa shape index (κ1) is 12.1. The number of thiophene rings is 1. The Morgan fingerprint density at radius 3 is 2.85 bits per heavy atom. The second-order valence-electron chi connectivity index (χ2n) is 5.39. The molecule has 0 amide bonds. The van der Waals surface area contributed by atoms with Crippen LogP contribution < -0.4 is 14.8 Å². The molecule has 3 nitrogen and oxygen atoms in total. The zero-order chi connectivity index (χ0) is 13.4. The summed E-state index contributed by atoms with van der Waals surface area (Å²) in [5.74, 6) is 2.43. The van der Waals surface area contributed by atoms with Gasteiger partial charge in [-0.25, -0.2) is 0 Å². The number of benzene rings is 1. The molecule has 2 aliphatic heterocycles. The van der Waals surface area contributed by atoms with Crippen LogP contribution in [0.15, 0.2) is 29.6 Å². The van der Waals surface area contributed by atoms with E-state index in [0.29, 0.717) is 19.1 Å². The Morgan fingerprint density at radius 1 is 1.20 bits per heavy atom. The van der Waals surface area contributed by atoms with E-state index in [1.54, 1.807) is 0 Å². The minimum atomic E-state index is 0.646. The lowest BCUT2D eigenvalue weighted by Gasteiger charge is -2.28. The Balaban J connectivity index is 1.56. The Bertz CT molecular complexity index is 609. The molecule has 0 fully saturated rings. The summed E-state index contributed by atoms with van der Waals surface area (Å²) in [6.07, 6.45) is 2.26. The predicted octanol–water partition coefficient (Wildman–Crippen LogP) is 3.35. The molecule has 1 aromatic heterocycles. The molecule has 1 unspecified atom stereocenters. The van der Waals surface area contributed by atoms with Crippen LogP contribution in [0, 0.1) is 5.92 Å². The fourth-order valence-electron chi connectivity index (χ4n) is 2.96. The van der Waals surface area contributed by atoms with Crippen LogP contribution in [0.2, 0.25) is 0 Å². The van der Waals surface area contributed by atoms with Gasteiger partial charge >= 0.3 is 0 Å². The quantitative estimate of drug-likeness (QED) is 0.919. The summed E-state index contributed by atoms with van der Waals surface area (Å²) in [6, 6.07) is 8.60. The first-order chi connectivity index (χ1) is 9.88. The van der Waals surface area contributed by atoms with Crippen molar-refractivity contribution >= 4 is 17.0 Å². The van der Waals surface area contributed by atoms with Crippen molar-refractivity contribution < 1.29 is 9.47 Å². The minimum absolute atomic E-state index is 0.646. The molecule has 104 valence electrons. The van der Waals surface area contributed by atoms with Crippen LogP contribution in [-0.4, -0.2) is 19.8 Å². The molecule has 2 aromatic rings. The maximum atomic E-state index is 5.68. The van der Waals surface area contributed by atoms with Crippen LogP contribution in [0.4, 0.5) is 5.69 Å². The Kier molecular flexibility index (Phi) is 3.03. The van der Waals surface area contributed by atoms with Gasteiger partial charge in [0, 0.05) is 23.2 Å². The van der Waals surface area contributed by atoms with Gasteiger partial charge in [-0.3, -0.25) is 0 Å². The van der Waals surface area contributed by atoms with E-state index in [1.807, 2.05) is 11.3 Å². The lowest BCUT2D eigenvalue weighted by Crippen LogP contribution is -2.25. The van der Waals surface area contributed by atoms with E-state index in [-0.39, 0.29) is 0 Å². The monoisotopic (exact) mass is 287 g/mol. The minimum Gasteiger partial charge on any atom is -0.486 e. The number of rotatable bonds is 2. The van der Waals surface area contributed by atoms with Crippen molar-refractivity contribution in [2.75, 3.05) is 25.1 Å². The van der Waals surface area contributed by atoms with E-state index >= 15 is 0 Å². The van der Waals surface area contributed by atoms with Crippen LogP contribution in [0.1, 0.15) is 10.4 Å². The average Bonchev–Trinajstić information content (AvgIpc) is 2.98. The number of ether oxygens (including phenoxy) is 2. The second-order valence-corrected chi connectivity index (χ2v) is 6.42. The SMILES string of the molecule is c1csc(CC2CNc3cc4c(cc3C2)OCCO4)c1. The second kappa shape index (κ2) is 5.02. The average molecular weight is 287 g/mol. The van der Waals surface area contributed by atoms with Gasteiger partial charge in [0.25, 0.3) is 0 Å². The molecule has 4 heteroatoms. The van der Waals surface area contributed by atoms with Crippen LogP contribution >= 0.6 is 11.3 Å². The zero-order valence-corrected chi connectivity index (χ0v) is 12.0. The van der Waals surface area contributed by atoms with E-state index < -0.39 is 0 Å². The smallest absolute Gasteiger partial charge is 0.163 e. The molecular formula is C16H17NO2S. The molecule has 0 saturated heterocycles. The molecule has 1 aromatic carbocycles. The van der Waals surface area contributed by atoms with Gasteiger partial charge in [0.05, 0.1) is 0 Å². The van der Waals surface area contributed by atoms with Crippen molar-refractivity contribution in [2.24, 2.45) is 5.92 Å². The lowest BCUT2D eigenvalue weighted by molar-refractivity contribution is 0.171. The summed E-state index contributed by atoms with van der Waals surface area (Å²) in [5.41, 5.74) is 2.55. The summed E-state index contributed by atoms with van der Waals surface area (Å²) >= 11 is 1.85. The summed E-state index contributed by atoms with van der Waals surface area (Å²) in [7, 11) is 0. The topological polar surface area (TPSA) is 30.5 Å². The molecule has 0 spiro atoms. The summed E-state index contributed by atoms with van der Waals surface area (Å²) in [5, 5.41) is 5.70. The van der Waals surface area contributed by atoms with Crippen LogP contribution in [-0.2, 0) is 12.8 Å². The van der Waals surface area contributed by atoms with Gasteiger partial charge < -0.3 is 14.8 Å². The highest BCUT2D eigenvalue weighted by atomic mass is 32.1. The standard InChI is InChI=1S/C16H17NO2S/c1-2-13(20-5-1)7-11-6-12-8-15-16(19-4-3-18-15)9-14(12)17-10-11/h1-2,5,8-9,11,17H,3-4,6-7,10H2. The van der Waals surface area contributed by atoms with Gasteiger partial charge in [0.15, 0.2) is 11.5 Å². The van der Waals surface area contributed by atoms with Crippen molar-refractivity contribution in [3.05, 3.63) is 40.1 Å². The molecule has 1 atom stereocenters. The van der Waals surface area contributed by atoms with E-state index in [1.165, 1.54) is 16.1 Å². The highest BCUT2D eigenvalue weighted by Crippen LogP contribution is 2.38. The van der Waals surface area contributed by atoms with Crippen molar-refractivity contribution in [1.29, 1.82) is 0 Å². The highest BCUT2D eigenvalue weighted by Gasteiger charge is 2.22. The fraction of sp³-hybridized carbons (Fsp3) is 0.375. The van der Waals surface area contributed by atoms with Gasteiger partial charge in [0.2, 0.25) is 0 Å². The molecule has 0 saturated carbocycles. The van der Waals surface area contributed by atoms with E-state index in [2.05, 4.69) is 35.0 Å². The number of fused-ring (bicyclic) bond motifs is 2. The summed E-state index contributed by atoms with van der Waals surface area (Å²) in [6.45, 7) is 2.33. The fourth-order valence-corrected chi connectivity index (χ4v) is 3.78. The lowest BCUT2D eigenvalue weighted by atomic mass is 9.90. The van der Waals surface area contributed by atoms with Crippen molar-refractivity contribution in [3.63, 3.8) is 0 Å². The molecule has 1 N–H and O–H groups in total. The largest absolute Gasteiger partial charge is 0.486 e. The maximum absolute atomic E-state index is 5.68. The van der Waals surface area contributed by atoms with E-state index in [9.17, 15) is 0 Å². The first-order valence-corrected chi connectivity index (χ1v) is 7.95. The van der Waals surface area contributed by atoms with Crippen LogP contribution in [0.25, 0.3) is 0 Å². The predicted molar refractivity (Wildman–Crippen MR) is 81.1 cm³/mol. The third kappa shape index (κ3) is 2.24. The molecule has 2 aliphatic rings. The van der Waals surface area contributed by atoms with Gasteiger partial charge in [-0.05, 0) is 41.8 Å². The van der Waals surface area contributed by atoms with Gasteiger partial charge in [-0.1, -0.05) is 6.07 Å². The molecule has 3 heterocycles. The molecule has 4 rings (SSSR count). The molecule has 0 aliphatic carbocycles. The molecule has 0 radical (unpaired) electrons. The van der Waals surface area contributed by atoms with Gasteiger partial charge in [-0.2, -0.15) is 0 Å². The highest BCUT2D eigenvalue weighted by molar-refractivity contribution is 7.09. The number of anilines is 1. The van der Waals surface area contributed by atoms with Crippen LogP contribution in [0.5, 0.6) is 11.5 Å². The number of nitrogens with one attached hydrogen (secondary N) is 1. The third-order valence-electron chi connectivity index (χ3n) is 3.93. The maximum Gasteiger partial charge on any atom is 0.163 e. The summed E-state index contributed by atoms with van der Waals surface area (Å²) < 4.78 is 11.3. The first-order valence-electron chi connectivity index (χ1n) is 7.07. The Hall–Kier alpha value is -1.68. The summed E-state index contributed by atoms with van der Waals surface area (Å²) in [4.78, 5) is 1.47. The number of hydrogen-bond donors (Lipinski definition) is 1. The zero-order valence-electron chi connectivity index (χ0n) is 11.2. The Morgan fingerprint density at radius 2 is 2.05 bits per heavy atom. The van der Waals surface area contributed by atoms with Crippen molar-refractivity contribution in [3.8, 4) is 11.5 Å². The van der Waals surface area contributed by atoms with E-state index in [0.717, 1.165) is 30.9 Å². The molecular weight excluding hydrogens is 270 g/mol. The van der Waals surface area contributed by atoms with E-state index in [4.69, 9.17) is 9.47 Å². The van der Waals surface area contributed by atoms with Gasteiger partial charge in [-0.15, -0.1) is 11.3 Å². The normalized spacial score (nSPS) is 20.1. The van der Waals surface area contributed by atoms with Gasteiger partial charge in [0.1, 0.15) is 13.2 Å². The van der Waals surface area contributed by atoms with Crippen LogP contribution in [0.3, 0.4) is 0 Å². The third-order valence-corrected chi connectivity index (χ3v) is 4.83. The molecule has 0 bridgehead atoms. The Labute approximate surface area is 122 Å². The molecule has 20 heavy (non-hydrogen) atoms. The van der Waals surface area contributed by atoms with Crippen molar-refractivity contribution in [2.45, 2.75) is 12.8 Å². The van der Waals surface area contributed by atoms with Crippen molar-refractivity contribution in [1.82, 2.24) is 0 Å².